The SMILES string of the molecule is CCC1CC1NCc1nnc2n1CCCC2. The number of hydrogen-bond donors (Lipinski definition) is 1. The summed E-state index contributed by atoms with van der Waals surface area (Å²) in [6.07, 6.45) is 6.30. The molecule has 1 N–H and O–H groups in total. The fourth-order valence-electron chi connectivity index (χ4n) is 2.67. The van der Waals surface area contributed by atoms with Crippen LogP contribution in [0.15, 0.2) is 0 Å². The molecular weight excluding hydrogens is 200 g/mol. The van der Waals surface area contributed by atoms with E-state index < -0.39 is 0 Å². The first-order chi connectivity index (χ1) is 7.88. The van der Waals surface area contributed by atoms with Crippen LogP contribution in [-0.4, -0.2) is 20.8 Å². The van der Waals surface area contributed by atoms with Gasteiger partial charge >= 0.3 is 0 Å². The van der Waals surface area contributed by atoms with Crippen LogP contribution >= 0.6 is 0 Å². The number of hydrogen-bond acceptors (Lipinski definition) is 3. The standard InChI is InChI=1S/C12H20N4/c1-2-9-7-10(9)13-8-12-15-14-11-5-3-4-6-16(11)12/h9-10,13H,2-8H2,1H3. The monoisotopic (exact) mass is 220 g/mol. The van der Waals surface area contributed by atoms with Gasteiger partial charge in [-0.25, -0.2) is 0 Å². The summed E-state index contributed by atoms with van der Waals surface area (Å²) in [6.45, 7) is 4.28. The van der Waals surface area contributed by atoms with Crippen molar-refractivity contribution in [2.75, 3.05) is 0 Å². The van der Waals surface area contributed by atoms with E-state index >= 15 is 0 Å². The third kappa shape index (κ3) is 1.86. The Kier molecular flexibility index (Phi) is 2.67. The van der Waals surface area contributed by atoms with Crippen molar-refractivity contribution in [3.05, 3.63) is 11.6 Å². The summed E-state index contributed by atoms with van der Waals surface area (Å²) in [4.78, 5) is 0. The molecule has 0 bridgehead atoms. The fraction of sp³-hybridized carbons (Fsp3) is 0.833. The maximum Gasteiger partial charge on any atom is 0.147 e. The second-order valence-electron chi connectivity index (χ2n) is 5.03. The highest BCUT2D eigenvalue weighted by molar-refractivity contribution is 5.00. The summed E-state index contributed by atoms with van der Waals surface area (Å²) in [6, 6.07) is 0.738. The predicted octanol–water partition coefficient (Wildman–Crippen LogP) is 1.50. The van der Waals surface area contributed by atoms with Gasteiger partial charge in [0.15, 0.2) is 0 Å². The fourth-order valence-corrected chi connectivity index (χ4v) is 2.67. The smallest absolute Gasteiger partial charge is 0.147 e. The lowest BCUT2D eigenvalue weighted by Gasteiger charge is -2.14. The number of fused-ring (bicyclic) bond motifs is 1. The average Bonchev–Trinajstić information content (AvgIpc) is 2.98. The molecule has 1 aliphatic heterocycles. The van der Waals surface area contributed by atoms with Crippen molar-refractivity contribution >= 4 is 0 Å². The Hall–Kier alpha value is -0.900. The third-order valence-electron chi connectivity index (χ3n) is 3.91. The van der Waals surface area contributed by atoms with Crippen molar-refractivity contribution in [2.45, 2.75) is 58.2 Å². The molecule has 16 heavy (non-hydrogen) atoms. The van der Waals surface area contributed by atoms with Gasteiger partial charge in [0, 0.05) is 19.0 Å². The molecule has 1 aliphatic carbocycles. The van der Waals surface area contributed by atoms with Gasteiger partial charge in [0.25, 0.3) is 0 Å². The summed E-state index contributed by atoms with van der Waals surface area (Å²) in [5.41, 5.74) is 0. The van der Waals surface area contributed by atoms with Crippen LogP contribution in [0, 0.1) is 5.92 Å². The van der Waals surface area contributed by atoms with E-state index in [9.17, 15) is 0 Å². The zero-order valence-corrected chi connectivity index (χ0v) is 9.95. The molecule has 3 rings (SSSR count). The minimum atomic E-state index is 0.738. The number of nitrogens with zero attached hydrogens (tertiary/aromatic N) is 3. The lowest BCUT2D eigenvalue weighted by atomic mass is 10.2. The Balaban J connectivity index is 1.60. The quantitative estimate of drug-likeness (QED) is 0.836. The molecule has 1 aromatic heterocycles. The topological polar surface area (TPSA) is 42.7 Å². The highest BCUT2D eigenvalue weighted by atomic mass is 15.3. The summed E-state index contributed by atoms with van der Waals surface area (Å²) in [7, 11) is 0. The number of rotatable bonds is 4. The van der Waals surface area contributed by atoms with Crippen LogP contribution < -0.4 is 5.32 Å². The summed E-state index contributed by atoms with van der Waals surface area (Å²) in [5, 5.41) is 12.2. The van der Waals surface area contributed by atoms with Crippen molar-refractivity contribution in [3.63, 3.8) is 0 Å². The van der Waals surface area contributed by atoms with Crippen LogP contribution in [0.1, 0.15) is 44.3 Å². The zero-order valence-electron chi connectivity index (χ0n) is 9.95. The van der Waals surface area contributed by atoms with Crippen molar-refractivity contribution in [1.29, 1.82) is 0 Å². The second kappa shape index (κ2) is 4.17. The summed E-state index contributed by atoms with van der Waals surface area (Å²) in [5.74, 6) is 3.23. The molecule has 0 radical (unpaired) electrons. The van der Waals surface area contributed by atoms with Gasteiger partial charge < -0.3 is 9.88 Å². The summed E-state index contributed by atoms with van der Waals surface area (Å²) < 4.78 is 2.31. The van der Waals surface area contributed by atoms with Crippen LogP contribution in [0.5, 0.6) is 0 Å². The Morgan fingerprint density at radius 3 is 3.12 bits per heavy atom. The van der Waals surface area contributed by atoms with Crippen molar-refractivity contribution < 1.29 is 0 Å². The lowest BCUT2D eigenvalue weighted by Crippen LogP contribution is -2.22. The van der Waals surface area contributed by atoms with Crippen LogP contribution in [0.4, 0.5) is 0 Å². The van der Waals surface area contributed by atoms with Gasteiger partial charge in [-0.05, 0) is 25.2 Å². The van der Waals surface area contributed by atoms with Crippen molar-refractivity contribution in [1.82, 2.24) is 20.1 Å². The van der Waals surface area contributed by atoms with Gasteiger partial charge in [-0.15, -0.1) is 10.2 Å². The largest absolute Gasteiger partial charge is 0.314 e. The second-order valence-corrected chi connectivity index (χ2v) is 5.03. The van der Waals surface area contributed by atoms with E-state index in [-0.39, 0.29) is 0 Å². The van der Waals surface area contributed by atoms with Gasteiger partial charge in [0.1, 0.15) is 11.6 Å². The average molecular weight is 220 g/mol. The van der Waals surface area contributed by atoms with Gasteiger partial charge in [-0.1, -0.05) is 13.3 Å². The molecule has 0 spiro atoms. The van der Waals surface area contributed by atoms with E-state index in [1.165, 1.54) is 31.5 Å². The number of aromatic nitrogens is 3. The molecule has 4 nitrogen and oxygen atoms in total. The Morgan fingerprint density at radius 2 is 2.31 bits per heavy atom. The van der Waals surface area contributed by atoms with E-state index in [4.69, 9.17) is 0 Å². The Morgan fingerprint density at radius 1 is 1.38 bits per heavy atom. The number of aryl methyl sites for hydroxylation is 1. The minimum absolute atomic E-state index is 0.738. The lowest BCUT2D eigenvalue weighted by molar-refractivity contribution is 0.493. The Bertz CT molecular complexity index is 371. The first-order valence-corrected chi connectivity index (χ1v) is 6.53. The molecule has 88 valence electrons. The van der Waals surface area contributed by atoms with Gasteiger partial charge in [-0.3, -0.25) is 0 Å². The van der Waals surface area contributed by atoms with E-state index in [1.807, 2.05) is 0 Å². The van der Waals surface area contributed by atoms with Crippen LogP contribution in [0.2, 0.25) is 0 Å². The van der Waals surface area contributed by atoms with Crippen molar-refractivity contribution in [2.24, 2.45) is 5.92 Å². The van der Waals surface area contributed by atoms with E-state index in [0.29, 0.717) is 0 Å². The van der Waals surface area contributed by atoms with E-state index in [0.717, 1.165) is 37.3 Å². The first-order valence-electron chi connectivity index (χ1n) is 6.53. The van der Waals surface area contributed by atoms with Gasteiger partial charge in [0.2, 0.25) is 0 Å². The van der Waals surface area contributed by atoms with E-state index in [1.54, 1.807) is 0 Å². The molecule has 4 heteroatoms. The van der Waals surface area contributed by atoms with Gasteiger partial charge in [0.05, 0.1) is 6.54 Å². The molecule has 1 fully saturated rings. The zero-order chi connectivity index (χ0) is 11.0. The minimum Gasteiger partial charge on any atom is -0.314 e. The highest BCUT2D eigenvalue weighted by Gasteiger charge is 2.34. The molecule has 0 amide bonds. The molecule has 2 aliphatic rings. The number of nitrogens with one attached hydrogen (secondary N) is 1. The van der Waals surface area contributed by atoms with Crippen LogP contribution in [0.3, 0.4) is 0 Å². The molecule has 2 unspecified atom stereocenters. The molecule has 1 saturated carbocycles. The molecule has 2 atom stereocenters. The maximum absolute atomic E-state index is 4.30. The Labute approximate surface area is 96.4 Å². The van der Waals surface area contributed by atoms with Crippen LogP contribution in [0.25, 0.3) is 0 Å². The molecule has 1 aromatic rings. The molecule has 2 heterocycles. The first kappa shape index (κ1) is 10.3. The molecule has 0 aromatic carbocycles. The molecule has 0 saturated heterocycles. The van der Waals surface area contributed by atoms with E-state index in [2.05, 4.69) is 27.0 Å². The van der Waals surface area contributed by atoms with Gasteiger partial charge in [-0.2, -0.15) is 0 Å². The normalized spacial score (nSPS) is 27.8. The van der Waals surface area contributed by atoms with Crippen LogP contribution in [-0.2, 0) is 19.5 Å². The predicted molar refractivity (Wildman–Crippen MR) is 62.0 cm³/mol. The third-order valence-corrected chi connectivity index (χ3v) is 3.91. The van der Waals surface area contributed by atoms with Crippen molar-refractivity contribution in [3.8, 4) is 0 Å². The highest BCUT2D eigenvalue weighted by Crippen LogP contribution is 2.33. The summed E-state index contributed by atoms with van der Waals surface area (Å²) >= 11 is 0. The maximum atomic E-state index is 4.30. The molecular formula is C12H20N4.